The number of aromatic nitrogens is 3. The molecule has 6 nitrogen and oxygen atoms in total. The van der Waals surface area contributed by atoms with Crippen molar-refractivity contribution in [1.29, 1.82) is 0 Å². The first kappa shape index (κ1) is 17.3. The second kappa shape index (κ2) is 7.63. The molecule has 0 saturated heterocycles. The zero-order chi connectivity index (χ0) is 18.6. The zero-order valence-electron chi connectivity index (χ0n) is 15.1. The Kier molecular flexibility index (Phi) is 4.89. The van der Waals surface area contributed by atoms with Crippen molar-refractivity contribution < 1.29 is 14.0 Å². The third kappa shape index (κ3) is 3.57. The number of imidazole rings is 1. The molecule has 138 valence electrons. The Hall–Kier alpha value is -3.12. The summed E-state index contributed by atoms with van der Waals surface area (Å²) in [5, 5.41) is 13.5. The Morgan fingerprint density at radius 2 is 1.93 bits per heavy atom. The van der Waals surface area contributed by atoms with Gasteiger partial charge in [0, 0.05) is 11.6 Å². The van der Waals surface area contributed by atoms with Gasteiger partial charge in [-0.15, -0.1) is 0 Å². The molecular formula is C21H21N3O3. The van der Waals surface area contributed by atoms with Crippen LogP contribution in [0.5, 0.6) is 0 Å². The van der Waals surface area contributed by atoms with Crippen molar-refractivity contribution in [2.75, 3.05) is 0 Å². The molecule has 6 heteroatoms. The van der Waals surface area contributed by atoms with E-state index in [1.165, 1.54) is 0 Å². The van der Waals surface area contributed by atoms with Gasteiger partial charge in [0.25, 0.3) is 0 Å². The van der Waals surface area contributed by atoms with E-state index in [0.717, 1.165) is 41.2 Å². The van der Waals surface area contributed by atoms with Crippen LogP contribution in [-0.2, 0) is 19.6 Å². The number of aliphatic hydroxyl groups excluding tert-OH is 1. The molecule has 0 aliphatic heterocycles. The van der Waals surface area contributed by atoms with Crippen molar-refractivity contribution in [3.05, 3.63) is 72.1 Å². The van der Waals surface area contributed by atoms with E-state index in [1.807, 2.05) is 47.0 Å². The summed E-state index contributed by atoms with van der Waals surface area (Å²) in [6.07, 6.45) is 3.70. The quantitative estimate of drug-likeness (QED) is 0.530. The van der Waals surface area contributed by atoms with Crippen LogP contribution in [0.1, 0.15) is 30.6 Å². The molecule has 0 aliphatic rings. The maximum atomic E-state index is 9.35. The van der Waals surface area contributed by atoms with E-state index in [2.05, 4.69) is 17.1 Å². The van der Waals surface area contributed by atoms with Crippen molar-refractivity contribution in [2.24, 2.45) is 0 Å². The summed E-state index contributed by atoms with van der Waals surface area (Å²) in [4.78, 5) is 4.62. The van der Waals surface area contributed by atoms with Crippen LogP contribution >= 0.6 is 0 Å². The van der Waals surface area contributed by atoms with Crippen molar-refractivity contribution >= 4 is 0 Å². The molecule has 0 aliphatic carbocycles. The molecule has 0 amide bonds. The van der Waals surface area contributed by atoms with Crippen molar-refractivity contribution in [3.63, 3.8) is 0 Å². The van der Waals surface area contributed by atoms with Crippen LogP contribution in [0.4, 0.5) is 0 Å². The minimum absolute atomic E-state index is 0.142. The van der Waals surface area contributed by atoms with Crippen LogP contribution in [0.25, 0.3) is 22.7 Å². The molecule has 0 spiro atoms. The molecule has 3 aromatic heterocycles. The highest BCUT2D eigenvalue weighted by molar-refractivity contribution is 5.76. The molecular weight excluding hydrogens is 342 g/mol. The van der Waals surface area contributed by atoms with E-state index < -0.39 is 0 Å². The number of hydrogen-bond donors (Lipinski definition) is 1. The van der Waals surface area contributed by atoms with E-state index in [0.29, 0.717) is 18.1 Å². The largest absolute Gasteiger partial charge is 0.457 e. The molecule has 4 aromatic rings. The summed E-state index contributed by atoms with van der Waals surface area (Å²) in [6.45, 7) is 2.47. The fourth-order valence-electron chi connectivity index (χ4n) is 3.13. The summed E-state index contributed by atoms with van der Waals surface area (Å²) < 4.78 is 13.3. The smallest absolute Gasteiger partial charge is 0.156 e. The zero-order valence-corrected chi connectivity index (χ0v) is 15.1. The third-order valence-electron chi connectivity index (χ3n) is 4.38. The maximum absolute atomic E-state index is 9.35. The molecule has 0 unspecified atom stereocenters. The number of aryl methyl sites for hydroxylation is 1. The lowest BCUT2D eigenvalue weighted by molar-refractivity contribution is 0.248. The number of benzene rings is 1. The van der Waals surface area contributed by atoms with Gasteiger partial charge in [-0.25, -0.2) is 4.98 Å². The van der Waals surface area contributed by atoms with Gasteiger partial charge in [0.15, 0.2) is 11.5 Å². The van der Waals surface area contributed by atoms with Crippen molar-refractivity contribution in [1.82, 2.24) is 14.7 Å². The molecule has 0 bridgehead atoms. The second-order valence-corrected chi connectivity index (χ2v) is 6.39. The molecule has 0 fully saturated rings. The van der Waals surface area contributed by atoms with Gasteiger partial charge in [-0.05, 0) is 18.6 Å². The summed E-state index contributed by atoms with van der Waals surface area (Å²) in [6, 6.07) is 15.6. The van der Waals surface area contributed by atoms with Gasteiger partial charge >= 0.3 is 0 Å². The van der Waals surface area contributed by atoms with Crippen LogP contribution in [0.3, 0.4) is 0 Å². The lowest BCUT2D eigenvalue weighted by Crippen LogP contribution is -1.99. The topological polar surface area (TPSA) is 77.2 Å². The van der Waals surface area contributed by atoms with Gasteiger partial charge < -0.3 is 18.6 Å². The molecule has 1 aromatic carbocycles. The Morgan fingerprint density at radius 3 is 2.67 bits per heavy atom. The lowest BCUT2D eigenvalue weighted by Gasteiger charge is -2.07. The molecule has 0 radical (unpaired) electrons. The standard InChI is InChI=1S/C21H21N3O3/c1-2-6-16-11-18(27-23-16)12-24-14-22-20(15-7-4-3-5-8-15)21(24)19-10-9-17(13-25)26-19/h3-5,7-11,14,25H,2,6,12-13H2,1H3. The Bertz CT molecular complexity index is 1010. The van der Waals surface area contributed by atoms with E-state index in [9.17, 15) is 5.11 Å². The Balaban J connectivity index is 1.75. The third-order valence-corrected chi connectivity index (χ3v) is 4.38. The van der Waals surface area contributed by atoms with Crippen LogP contribution < -0.4 is 0 Å². The summed E-state index contributed by atoms with van der Waals surface area (Å²) in [5.74, 6) is 1.94. The van der Waals surface area contributed by atoms with Crippen molar-refractivity contribution in [2.45, 2.75) is 32.9 Å². The Labute approximate surface area is 157 Å². The van der Waals surface area contributed by atoms with Crippen LogP contribution in [0.2, 0.25) is 0 Å². The first-order chi connectivity index (χ1) is 13.3. The number of hydrogen-bond acceptors (Lipinski definition) is 5. The SMILES string of the molecule is CCCc1cc(Cn2cnc(-c3ccccc3)c2-c2ccc(CO)o2)on1. The van der Waals surface area contributed by atoms with E-state index in [4.69, 9.17) is 8.94 Å². The highest BCUT2D eigenvalue weighted by Gasteiger charge is 2.19. The predicted octanol–water partition coefficient (Wildman–Crippen LogP) is 4.29. The van der Waals surface area contributed by atoms with Gasteiger partial charge in [0.2, 0.25) is 0 Å². The average molecular weight is 363 g/mol. The lowest BCUT2D eigenvalue weighted by atomic mass is 10.1. The van der Waals surface area contributed by atoms with E-state index in [1.54, 1.807) is 12.4 Å². The van der Waals surface area contributed by atoms with Crippen LogP contribution in [0, 0.1) is 0 Å². The summed E-state index contributed by atoms with van der Waals surface area (Å²) in [7, 11) is 0. The van der Waals surface area contributed by atoms with E-state index >= 15 is 0 Å². The molecule has 4 rings (SSSR count). The summed E-state index contributed by atoms with van der Waals surface area (Å²) in [5.41, 5.74) is 3.62. The highest BCUT2D eigenvalue weighted by atomic mass is 16.5. The molecule has 3 heterocycles. The second-order valence-electron chi connectivity index (χ2n) is 6.39. The average Bonchev–Trinajstić information content (AvgIpc) is 3.42. The Morgan fingerprint density at radius 1 is 1.07 bits per heavy atom. The number of furan rings is 1. The van der Waals surface area contributed by atoms with Gasteiger partial charge in [-0.1, -0.05) is 48.8 Å². The number of aliphatic hydroxyl groups is 1. The minimum atomic E-state index is -0.142. The van der Waals surface area contributed by atoms with Gasteiger partial charge in [-0.2, -0.15) is 0 Å². The van der Waals surface area contributed by atoms with Crippen molar-refractivity contribution in [3.8, 4) is 22.7 Å². The molecule has 0 atom stereocenters. The first-order valence-corrected chi connectivity index (χ1v) is 9.03. The minimum Gasteiger partial charge on any atom is -0.457 e. The van der Waals surface area contributed by atoms with Gasteiger partial charge in [0.05, 0.1) is 24.3 Å². The number of rotatable bonds is 7. The predicted molar refractivity (Wildman–Crippen MR) is 101 cm³/mol. The maximum Gasteiger partial charge on any atom is 0.156 e. The van der Waals surface area contributed by atoms with Crippen LogP contribution in [0.15, 0.2) is 63.8 Å². The molecule has 0 saturated carbocycles. The van der Waals surface area contributed by atoms with E-state index in [-0.39, 0.29) is 6.61 Å². The van der Waals surface area contributed by atoms with Gasteiger partial charge in [0.1, 0.15) is 18.1 Å². The normalized spacial score (nSPS) is 11.2. The van der Waals surface area contributed by atoms with Gasteiger partial charge in [-0.3, -0.25) is 0 Å². The summed E-state index contributed by atoms with van der Waals surface area (Å²) >= 11 is 0. The fraction of sp³-hybridized carbons (Fsp3) is 0.238. The molecule has 1 N–H and O–H groups in total. The highest BCUT2D eigenvalue weighted by Crippen LogP contribution is 2.33. The van der Waals surface area contributed by atoms with Crippen LogP contribution in [-0.4, -0.2) is 19.8 Å². The fourth-order valence-corrected chi connectivity index (χ4v) is 3.13. The first-order valence-electron chi connectivity index (χ1n) is 9.03. The number of nitrogens with zero attached hydrogens (tertiary/aromatic N) is 3. The monoisotopic (exact) mass is 363 g/mol. The molecule has 27 heavy (non-hydrogen) atoms.